The number of sulfonamides is 1. The van der Waals surface area contributed by atoms with Crippen molar-refractivity contribution in [1.29, 1.82) is 0 Å². The van der Waals surface area contributed by atoms with Crippen LogP contribution >= 0.6 is 0 Å². The van der Waals surface area contributed by atoms with Crippen molar-refractivity contribution < 1.29 is 8.42 Å². The molecule has 0 unspecified atom stereocenters. The highest BCUT2D eigenvalue weighted by Gasteiger charge is 2.22. The minimum absolute atomic E-state index is 0.190. The van der Waals surface area contributed by atoms with E-state index in [1.807, 2.05) is 25.1 Å². The lowest BCUT2D eigenvalue weighted by Crippen LogP contribution is -2.18. The first-order valence-corrected chi connectivity index (χ1v) is 9.90. The van der Waals surface area contributed by atoms with Gasteiger partial charge in [-0.15, -0.1) is 0 Å². The molecule has 130 valence electrons. The number of nitrogens with one attached hydrogen (secondary N) is 1. The predicted octanol–water partition coefficient (Wildman–Crippen LogP) is 2.82. The molecule has 0 saturated carbocycles. The monoisotopic (exact) mass is 348 g/mol. The van der Waals surface area contributed by atoms with E-state index in [4.69, 9.17) is 0 Å². The van der Waals surface area contributed by atoms with Crippen molar-refractivity contribution >= 4 is 15.7 Å². The molecule has 7 heteroatoms. The highest BCUT2D eigenvalue weighted by Crippen LogP contribution is 2.27. The highest BCUT2D eigenvalue weighted by molar-refractivity contribution is 7.92. The van der Waals surface area contributed by atoms with E-state index in [2.05, 4.69) is 21.6 Å². The van der Waals surface area contributed by atoms with Crippen LogP contribution in [0.2, 0.25) is 0 Å². The van der Waals surface area contributed by atoms with Gasteiger partial charge in [0.25, 0.3) is 10.0 Å². The first kappa shape index (κ1) is 17.0. The summed E-state index contributed by atoms with van der Waals surface area (Å²) >= 11 is 0. The molecule has 3 rings (SSSR count). The third-order valence-corrected chi connectivity index (χ3v) is 5.73. The fourth-order valence-electron chi connectivity index (χ4n) is 3.06. The second-order valence-corrected chi connectivity index (χ2v) is 7.77. The van der Waals surface area contributed by atoms with Gasteiger partial charge in [-0.05, 0) is 49.2 Å². The average molecular weight is 348 g/mol. The molecule has 1 aliphatic rings. The largest absolute Gasteiger partial charge is 0.295 e. The summed E-state index contributed by atoms with van der Waals surface area (Å²) in [5, 5.41) is 4.22. The Morgan fingerprint density at radius 1 is 1.17 bits per heavy atom. The molecule has 1 N–H and O–H groups in total. The fourth-order valence-corrected chi connectivity index (χ4v) is 4.30. The molecule has 1 aliphatic heterocycles. The molecular weight excluding hydrogens is 324 g/mol. The van der Waals surface area contributed by atoms with Crippen LogP contribution in [0.25, 0.3) is 0 Å². The maximum atomic E-state index is 12.6. The number of rotatable bonds is 7. The van der Waals surface area contributed by atoms with Crippen LogP contribution in [0.1, 0.15) is 37.8 Å². The van der Waals surface area contributed by atoms with E-state index in [0.717, 1.165) is 19.6 Å². The number of aryl methyl sites for hydroxylation is 1. The first-order chi connectivity index (χ1) is 11.5. The predicted molar refractivity (Wildman–Crippen MR) is 94.2 cm³/mol. The van der Waals surface area contributed by atoms with Gasteiger partial charge in [-0.25, -0.2) is 0 Å². The van der Waals surface area contributed by atoms with Crippen molar-refractivity contribution in [3.05, 3.63) is 41.6 Å². The van der Waals surface area contributed by atoms with Crippen LogP contribution in [0, 0.1) is 0 Å². The zero-order chi connectivity index (χ0) is 17.2. The molecule has 24 heavy (non-hydrogen) atoms. The molecule has 0 aliphatic carbocycles. The van der Waals surface area contributed by atoms with Gasteiger partial charge in [0, 0.05) is 25.3 Å². The van der Waals surface area contributed by atoms with Crippen molar-refractivity contribution in [3.8, 4) is 0 Å². The third kappa shape index (κ3) is 3.47. The average Bonchev–Trinajstić information content (AvgIpc) is 3.18. The summed E-state index contributed by atoms with van der Waals surface area (Å²) in [6, 6.07) is 7.33. The van der Waals surface area contributed by atoms with Gasteiger partial charge in [-0.2, -0.15) is 13.5 Å². The molecule has 1 aromatic carbocycles. The Morgan fingerprint density at radius 2 is 1.96 bits per heavy atom. The van der Waals surface area contributed by atoms with Crippen molar-refractivity contribution in [2.45, 2.75) is 51.3 Å². The Bertz CT molecular complexity index is 814. The maximum Gasteiger partial charge on any atom is 0.279 e. The lowest BCUT2D eigenvalue weighted by atomic mass is 10.1. The number of benzene rings is 1. The molecule has 0 radical (unpaired) electrons. The summed E-state index contributed by atoms with van der Waals surface area (Å²) in [5.74, 6) is 0. The Morgan fingerprint density at radius 3 is 2.71 bits per heavy atom. The summed E-state index contributed by atoms with van der Waals surface area (Å²) in [4.78, 5) is 2.40. The summed E-state index contributed by atoms with van der Waals surface area (Å²) in [7, 11) is -3.62. The standard InChI is InChI=1S/C17H24N4O2S/c1-3-5-10-20-12-14-6-7-16(11-15(14)13-20)19-24(22,23)17-8-9-18-21(17)4-2/h6-9,11,19H,3-5,10,12-13H2,1-2H3. The van der Waals surface area contributed by atoms with Crippen molar-refractivity contribution in [1.82, 2.24) is 14.7 Å². The van der Waals surface area contributed by atoms with Gasteiger partial charge >= 0.3 is 0 Å². The van der Waals surface area contributed by atoms with Crippen LogP contribution in [0.5, 0.6) is 0 Å². The van der Waals surface area contributed by atoms with E-state index < -0.39 is 10.0 Å². The normalized spacial score (nSPS) is 14.8. The number of anilines is 1. The van der Waals surface area contributed by atoms with Gasteiger partial charge in [0.2, 0.25) is 0 Å². The van der Waals surface area contributed by atoms with Gasteiger partial charge in [0.05, 0.1) is 6.20 Å². The molecule has 2 aromatic rings. The summed E-state index contributed by atoms with van der Waals surface area (Å²) in [5.41, 5.74) is 3.10. The van der Waals surface area contributed by atoms with Gasteiger partial charge < -0.3 is 0 Å². The lowest BCUT2D eigenvalue weighted by molar-refractivity contribution is 0.279. The van der Waals surface area contributed by atoms with Crippen LogP contribution in [0.3, 0.4) is 0 Å². The fraction of sp³-hybridized carbons (Fsp3) is 0.471. The Hall–Kier alpha value is -1.86. The minimum Gasteiger partial charge on any atom is -0.295 e. The first-order valence-electron chi connectivity index (χ1n) is 8.42. The topological polar surface area (TPSA) is 67.2 Å². The van der Waals surface area contributed by atoms with E-state index in [1.54, 1.807) is 0 Å². The second kappa shape index (κ2) is 6.94. The zero-order valence-corrected chi connectivity index (χ0v) is 15.0. The van der Waals surface area contributed by atoms with Gasteiger partial charge in [0.1, 0.15) is 0 Å². The smallest absolute Gasteiger partial charge is 0.279 e. The molecule has 0 bridgehead atoms. The molecule has 6 nitrogen and oxygen atoms in total. The third-order valence-electron chi connectivity index (χ3n) is 4.33. The van der Waals surface area contributed by atoms with E-state index in [0.29, 0.717) is 12.2 Å². The Balaban J connectivity index is 1.76. The van der Waals surface area contributed by atoms with Gasteiger partial charge in [-0.1, -0.05) is 19.4 Å². The molecule has 0 spiro atoms. The zero-order valence-electron chi connectivity index (χ0n) is 14.2. The SMILES string of the molecule is CCCCN1Cc2ccc(NS(=O)(=O)c3ccnn3CC)cc2C1. The van der Waals surface area contributed by atoms with E-state index in [1.165, 1.54) is 40.9 Å². The van der Waals surface area contributed by atoms with E-state index >= 15 is 0 Å². The molecule has 0 amide bonds. The molecule has 0 fully saturated rings. The molecule has 0 saturated heterocycles. The van der Waals surface area contributed by atoms with Crippen molar-refractivity contribution in [2.75, 3.05) is 11.3 Å². The van der Waals surface area contributed by atoms with Crippen molar-refractivity contribution in [2.24, 2.45) is 0 Å². The lowest BCUT2D eigenvalue weighted by Gasteiger charge is -2.13. The second-order valence-electron chi connectivity index (χ2n) is 6.14. The highest BCUT2D eigenvalue weighted by atomic mass is 32.2. The number of aromatic nitrogens is 2. The summed E-state index contributed by atoms with van der Waals surface area (Å²) in [6.07, 6.45) is 3.88. The summed E-state index contributed by atoms with van der Waals surface area (Å²) in [6.45, 7) is 7.49. The van der Waals surface area contributed by atoms with Crippen LogP contribution in [-0.2, 0) is 29.7 Å². The minimum atomic E-state index is -3.62. The number of hydrogen-bond acceptors (Lipinski definition) is 4. The molecular formula is C17H24N4O2S. The van der Waals surface area contributed by atoms with Crippen LogP contribution in [0.15, 0.2) is 35.5 Å². The number of hydrogen-bond donors (Lipinski definition) is 1. The van der Waals surface area contributed by atoms with E-state index in [-0.39, 0.29) is 5.03 Å². The Kier molecular flexibility index (Phi) is 4.91. The van der Waals surface area contributed by atoms with Crippen LogP contribution < -0.4 is 4.72 Å². The van der Waals surface area contributed by atoms with Crippen LogP contribution in [0.4, 0.5) is 5.69 Å². The number of fused-ring (bicyclic) bond motifs is 1. The Labute approximate surface area is 143 Å². The van der Waals surface area contributed by atoms with Gasteiger partial charge in [-0.3, -0.25) is 14.3 Å². The van der Waals surface area contributed by atoms with Crippen LogP contribution in [-0.4, -0.2) is 29.6 Å². The van der Waals surface area contributed by atoms with E-state index in [9.17, 15) is 8.42 Å². The number of nitrogens with zero attached hydrogens (tertiary/aromatic N) is 3. The van der Waals surface area contributed by atoms with Gasteiger partial charge in [0.15, 0.2) is 5.03 Å². The molecule has 2 heterocycles. The quantitative estimate of drug-likeness (QED) is 0.835. The summed E-state index contributed by atoms with van der Waals surface area (Å²) < 4.78 is 29.3. The van der Waals surface area contributed by atoms with Crippen molar-refractivity contribution in [3.63, 3.8) is 0 Å². The maximum absolute atomic E-state index is 12.6. The molecule has 0 atom stereocenters. The molecule has 1 aromatic heterocycles. The number of unbranched alkanes of at least 4 members (excludes halogenated alkanes) is 1.